The van der Waals surface area contributed by atoms with Crippen molar-refractivity contribution in [2.75, 3.05) is 13.1 Å². The molecule has 0 radical (unpaired) electrons. The van der Waals surface area contributed by atoms with Crippen LogP contribution in [0.4, 0.5) is 0 Å². The summed E-state index contributed by atoms with van der Waals surface area (Å²) in [5.41, 5.74) is 1.94. The largest absolute Gasteiger partial charge is 0.315 e. The van der Waals surface area contributed by atoms with Crippen LogP contribution >= 0.6 is 0 Å². The Bertz CT molecular complexity index is 488. The summed E-state index contributed by atoms with van der Waals surface area (Å²) >= 11 is 0. The van der Waals surface area contributed by atoms with E-state index in [9.17, 15) is 8.42 Å². The van der Waals surface area contributed by atoms with Gasteiger partial charge in [-0.2, -0.15) is 0 Å². The van der Waals surface area contributed by atoms with E-state index in [1.807, 2.05) is 13.0 Å². The average Bonchev–Trinajstić information content (AvgIpc) is 2.38. The Morgan fingerprint density at radius 3 is 2.79 bits per heavy atom. The summed E-state index contributed by atoms with van der Waals surface area (Å²) in [7, 11) is -3.30. The fourth-order valence-corrected chi connectivity index (χ4v) is 2.57. The third-order valence-electron chi connectivity index (χ3n) is 3.00. The number of hydrogen-bond donors (Lipinski definition) is 2. The van der Waals surface area contributed by atoms with E-state index in [0.717, 1.165) is 24.1 Å². The smallest absolute Gasteiger partial charge is 0.215 e. The number of hydrogen-bond acceptors (Lipinski definition) is 4. The summed E-state index contributed by atoms with van der Waals surface area (Å²) in [5, 5.41) is 2.67. The molecule has 0 aliphatic carbocycles. The van der Waals surface area contributed by atoms with Gasteiger partial charge in [0.15, 0.2) is 0 Å². The van der Waals surface area contributed by atoms with Crippen LogP contribution in [0.5, 0.6) is 0 Å². The van der Waals surface area contributed by atoms with Gasteiger partial charge in [0.25, 0.3) is 0 Å². The van der Waals surface area contributed by atoms with Crippen LogP contribution in [0, 0.1) is 6.92 Å². The minimum atomic E-state index is -3.30. The molecule has 0 amide bonds. The van der Waals surface area contributed by atoms with Crippen molar-refractivity contribution in [1.82, 2.24) is 15.0 Å². The van der Waals surface area contributed by atoms with Crippen molar-refractivity contribution in [3.8, 4) is 0 Å². The molecule has 0 saturated carbocycles. The topological polar surface area (TPSA) is 71.1 Å². The van der Waals surface area contributed by atoms with Crippen molar-refractivity contribution in [3.63, 3.8) is 0 Å². The molecule has 1 unspecified atom stereocenters. The van der Waals surface area contributed by atoms with Crippen LogP contribution in [0.3, 0.4) is 0 Å². The van der Waals surface area contributed by atoms with Gasteiger partial charge in [-0.1, -0.05) is 6.92 Å². The van der Waals surface area contributed by atoms with Gasteiger partial charge in [-0.15, -0.1) is 0 Å². The standard InChI is InChI=1S/C13H23N3O2S/c1-4-6-14-8-12(3)19(17,18)16-10-13-9-15-7-5-11(13)2/h5,7,9,12,14,16H,4,6,8,10H2,1-3H3. The average molecular weight is 285 g/mol. The van der Waals surface area contributed by atoms with E-state index < -0.39 is 15.3 Å². The number of rotatable bonds is 8. The molecule has 1 rings (SSSR count). The zero-order chi connectivity index (χ0) is 14.3. The van der Waals surface area contributed by atoms with Crippen molar-refractivity contribution in [3.05, 3.63) is 29.6 Å². The number of aromatic nitrogens is 1. The lowest BCUT2D eigenvalue weighted by molar-refractivity contribution is 0.556. The Balaban J connectivity index is 2.53. The Labute approximate surface area is 115 Å². The third-order valence-corrected chi connectivity index (χ3v) is 4.77. The Morgan fingerprint density at radius 1 is 1.42 bits per heavy atom. The molecular formula is C13H23N3O2S. The van der Waals surface area contributed by atoms with Crippen LogP contribution in [0.25, 0.3) is 0 Å². The van der Waals surface area contributed by atoms with Crippen molar-refractivity contribution >= 4 is 10.0 Å². The van der Waals surface area contributed by atoms with Gasteiger partial charge in [-0.05, 0) is 44.0 Å². The van der Waals surface area contributed by atoms with E-state index in [1.165, 1.54) is 0 Å². The zero-order valence-electron chi connectivity index (χ0n) is 11.8. The van der Waals surface area contributed by atoms with Crippen LogP contribution in [-0.2, 0) is 16.6 Å². The first-order valence-corrected chi connectivity index (χ1v) is 8.10. The van der Waals surface area contributed by atoms with E-state index in [-0.39, 0.29) is 0 Å². The SMILES string of the molecule is CCCNCC(C)S(=O)(=O)NCc1cnccc1C. The molecule has 1 aromatic heterocycles. The molecule has 1 heterocycles. The normalized spacial score (nSPS) is 13.4. The van der Waals surface area contributed by atoms with Crippen molar-refractivity contribution in [2.24, 2.45) is 0 Å². The van der Waals surface area contributed by atoms with Crippen LogP contribution < -0.4 is 10.0 Å². The van der Waals surface area contributed by atoms with E-state index in [2.05, 4.69) is 21.9 Å². The Kier molecular flexibility index (Phi) is 6.41. The molecule has 0 aliphatic rings. The second-order valence-electron chi connectivity index (χ2n) is 4.68. The lowest BCUT2D eigenvalue weighted by Crippen LogP contribution is -2.39. The highest BCUT2D eigenvalue weighted by molar-refractivity contribution is 7.90. The van der Waals surface area contributed by atoms with Crippen LogP contribution in [0.2, 0.25) is 0 Å². The van der Waals surface area contributed by atoms with Gasteiger partial charge < -0.3 is 5.32 Å². The summed E-state index contributed by atoms with van der Waals surface area (Å²) in [6, 6.07) is 1.87. The number of nitrogens with one attached hydrogen (secondary N) is 2. The molecule has 19 heavy (non-hydrogen) atoms. The molecule has 0 spiro atoms. The highest BCUT2D eigenvalue weighted by atomic mass is 32.2. The maximum absolute atomic E-state index is 12.0. The number of aryl methyl sites for hydroxylation is 1. The lowest BCUT2D eigenvalue weighted by atomic mass is 10.2. The first-order chi connectivity index (χ1) is 8.97. The number of sulfonamides is 1. The van der Waals surface area contributed by atoms with Gasteiger partial charge in [0.05, 0.1) is 5.25 Å². The van der Waals surface area contributed by atoms with Crippen LogP contribution in [-0.4, -0.2) is 31.7 Å². The summed E-state index contributed by atoms with van der Waals surface area (Å²) in [6.45, 7) is 7.30. The second kappa shape index (κ2) is 7.57. The third kappa shape index (κ3) is 5.26. The molecule has 1 atom stereocenters. The number of nitrogens with zero attached hydrogens (tertiary/aromatic N) is 1. The minimum Gasteiger partial charge on any atom is -0.315 e. The molecule has 108 valence electrons. The van der Waals surface area contributed by atoms with E-state index in [1.54, 1.807) is 19.3 Å². The van der Waals surface area contributed by atoms with E-state index in [4.69, 9.17) is 0 Å². The summed E-state index contributed by atoms with van der Waals surface area (Å²) in [5.74, 6) is 0. The van der Waals surface area contributed by atoms with Crippen molar-refractivity contribution in [2.45, 2.75) is 39.0 Å². The monoisotopic (exact) mass is 285 g/mol. The maximum atomic E-state index is 12.0. The van der Waals surface area contributed by atoms with Crippen LogP contribution in [0.15, 0.2) is 18.5 Å². The zero-order valence-corrected chi connectivity index (χ0v) is 12.6. The first kappa shape index (κ1) is 16.1. The summed E-state index contributed by atoms with van der Waals surface area (Å²) in [4.78, 5) is 4.00. The Morgan fingerprint density at radius 2 is 2.16 bits per heavy atom. The second-order valence-corrected chi connectivity index (χ2v) is 6.87. The maximum Gasteiger partial charge on any atom is 0.215 e. The molecule has 2 N–H and O–H groups in total. The van der Waals surface area contributed by atoms with Crippen molar-refractivity contribution < 1.29 is 8.42 Å². The number of pyridine rings is 1. The van der Waals surface area contributed by atoms with E-state index in [0.29, 0.717) is 13.1 Å². The molecule has 1 aromatic rings. The fraction of sp³-hybridized carbons (Fsp3) is 0.615. The van der Waals surface area contributed by atoms with Gasteiger partial charge in [-0.25, -0.2) is 13.1 Å². The molecule has 0 fully saturated rings. The van der Waals surface area contributed by atoms with E-state index >= 15 is 0 Å². The fourth-order valence-electron chi connectivity index (χ4n) is 1.59. The molecule has 5 nitrogen and oxygen atoms in total. The molecule has 0 aromatic carbocycles. The first-order valence-electron chi connectivity index (χ1n) is 6.56. The van der Waals surface area contributed by atoms with Gasteiger partial charge in [0.2, 0.25) is 10.0 Å². The highest BCUT2D eigenvalue weighted by Crippen LogP contribution is 2.06. The van der Waals surface area contributed by atoms with Gasteiger partial charge in [-0.3, -0.25) is 4.98 Å². The molecule has 6 heteroatoms. The predicted octanol–water partition coefficient (Wildman–Crippen LogP) is 1.20. The van der Waals surface area contributed by atoms with Gasteiger partial charge in [0.1, 0.15) is 0 Å². The van der Waals surface area contributed by atoms with Crippen molar-refractivity contribution in [1.29, 1.82) is 0 Å². The lowest BCUT2D eigenvalue weighted by Gasteiger charge is -2.15. The van der Waals surface area contributed by atoms with Crippen LogP contribution in [0.1, 0.15) is 31.4 Å². The minimum absolute atomic E-state index is 0.292. The Hall–Kier alpha value is -0.980. The summed E-state index contributed by atoms with van der Waals surface area (Å²) in [6.07, 6.45) is 4.39. The molecule has 0 saturated heterocycles. The predicted molar refractivity (Wildman–Crippen MR) is 77.4 cm³/mol. The van der Waals surface area contributed by atoms with Gasteiger partial charge in [0, 0.05) is 25.5 Å². The molecule has 0 aliphatic heterocycles. The summed E-state index contributed by atoms with van der Waals surface area (Å²) < 4.78 is 26.7. The van der Waals surface area contributed by atoms with Gasteiger partial charge >= 0.3 is 0 Å². The highest BCUT2D eigenvalue weighted by Gasteiger charge is 2.19. The molecular weight excluding hydrogens is 262 g/mol. The quantitative estimate of drug-likeness (QED) is 0.704. The molecule has 0 bridgehead atoms.